The molecule has 0 N–H and O–H groups in total. The molecule has 2 heteroatoms. The van der Waals surface area contributed by atoms with Crippen LogP contribution in [0.15, 0.2) is 176 Å². The standard InChI is InChI=1S/C48H29NS/c1-3-16-36-32(12-1)34-14-5-7-18-38(34)44-28-30(24-26-40(36)44)49(46-22-11-21-43-42-20-9-10-23-47(42)50-48(43)46)31-25-27-41-37-17-4-2-13-33(37)35-15-6-8-19-39(35)45(41)29-31/h1-29H. The van der Waals surface area contributed by atoms with Crippen molar-refractivity contribution in [1.82, 2.24) is 0 Å². The highest BCUT2D eigenvalue weighted by Gasteiger charge is 2.20. The second kappa shape index (κ2) is 10.6. The Labute approximate surface area is 292 Å². The number of hydrogen-bond donors (Lipinski definition) is 0. The summed E-state index contributed by atoms with van der Waals surface area (Å²) in [6.07, 6.45) is 0. The maximum absolute atomic E-state index is 2.49. The number of thiophene rings is 1. The van der Waals surface area contributed by atoms with Crippen molar-refractivity contribution < 1.29 is 0 Å². The van der Waals surface area contributed by atoms with Gasteiger partial charge in [-0.05, 0) is 101 Å². The Hall–Kier alpha value is -6.22. The van der Waals surface area contributed by atoms with E-state index in [1.165, 1.54) is 90.5 Å². The van der Waals surface area contributed by atoms with Crippen molar-refractivity contribution in [3.05, 3.63) is 176 Å². The average molecular weight is 652 g/mol. The lowest BCUT2D eigenvalue weighted by atomic mass is 9.93. The van der Waals surface area contributed by atoms with E-state index in [1.54, 1.807) is 0 Å². The van der Waals surface area contributed by atoms with Crippen LogP contribution in [0.3, 0.4) is 0 Å². The third-order valence-corrected chi connectivity index (χ3v) is 11.8. The molecule has 1 nitrogen and oxygen atoms in total. The van der Waals surface area contributed by atoms with Crippen molar-refractivity contribution in [2.75, 3.05) is 4.90 Å². The maximum Gasteiger partial charge on any atom is 0.0640 e. The first-order valence-electron chi connectivity index (χ1n) is 17.2. The SMILES string of the molecule is c1ccc2c(c1)sc1c(N(c3ccc4c5ccccc5c5ccccc5c4c3)c3ccc4c5ccccc5c5ccccc5c4c3)cccc12. The minimum atomic E-state index is 1.15. The van der Waals surface area contributed by atoms with E-state index in [2.05, 4.69) is 181 Å². The molecular formula is C48H29NS. The van der Waals surface area contributed by atoms with Crippen LogP contribution in [0.5, 0.6) is 0 Å². The lowest BCUT2D eigenvalue weighted by molar-refractivity contribution is 1.32. The summed E-state index contributed by atoms with van der Waals surface area (Å²) in [5.41, 5.74) is 3.48. The van der Waals surface area contributed by atoms with Crippen LogP contribution in [0.2, 0.25) is 0 Å². The van der Waals surface area contributed by atoms with Crippen LogP contribution in [-0.4, -0.2) is 0 Å². The Morgan fingerprint density at radius 2 is 0.640 bits per heavy atom. The summed E-state index contributed by atoms with van der Waals surface area (Å²) in [4.78, 5) is 2.49. The highest BCUT2D eigenvalue weighted by Crippen LogP contribution is 2.47. The fraction of sp³-hybridized carbons (Fsp3) is 0. The number of nitrogens with zero attached hydrogens (tertiary/aromatic N) is 1. The molecule has 0 bridgehead atoms. The summed E-state index contributed by atoms with van der Waals surface area (Å²) >= 11 is 1.88. The topological polar surface area (TPSA) is 3.24 Å². The average Bonchev–Trinajstić information content (AvgIpc) is 3.58. The molecule has 11 rings (SSSR count). The van der Waals surface area contributed by atoms with E-state index in [0.717, 1.165) is 11.4 Å². The van der Waals surface area contributed by atoms with E-state index in [1.807, 2.05) is 11.3 Å². The van der Waals surface area contributed by atoms with Gasteiger partial charge in [0.15, 0.2) is 0 Å². The molecular weight excluding hydrogens is 623 g/mol. The van der Waals surface area contributed by atoms with Gasteiger partial charge in [0.25, 0.3) is 0 Å². The molecule has 232 valence electrons. The molecule has 0 aliphatic rings. The molecule has 0 radical (unpaired) electrons. The monoisotopic (exact) mass is 651 g/mol. The lowest BCUT2D eigenvalue weighted by Gasteiger charge is -2.27. The first-order chi connectivity index (χ1) is 24.8. The molecule has 10 aromatic carbocycles. The van der Waals surface area contributed by atoms with E-state index >= 15 is 0 Å². The van der Waals surface area contributed by atoms with Crippen molar-refractivity contribution in [2.45, 2.75) is 0 Å². The van der Waals surface area contributed by atoms with Gasteiger partial charge in [-0.3, -0.25) is 0 Å². The zero-order valence-electron chi connectivity index (χ0n) is 27.1. The molecule has 11 aromatic rings. The highest BCUT2D eigenvalue weighted by molar-refractivity contribution is 7.26. The van der Waals surface area contributed by atoms with Crippen molar-refractivity contribution in [3.63, 3.8) is 0 Å². The number of anilines is 3. The molecule has 0 aliphatic carbocycles. The lowest BCUT2D eigenvalue weighted by Crippen LogP contribution is -2.10. The quantitative estimate of drug-likeness (QED) is 0.172. The Bertz CT molecular complexity index is 2940. The third kappa shape index (κ3) is 3.94. The van der Waals surface area contributed by atoms with Gasteiger partial charge < -0.3 is 4.90 Å². The van der Waals surface area contributed by atoms with Crippen molar-refractivity contribution in [3.8, 4) is 0 Å². The fourth-order valence-corrected chi connectivity index (χ4v) is 9.61. The fourth-order valence-electron chi connectivity index (χ4n) is 8.41. The number of fused-ring (bicyclic) bond motifs is 15. The Kier molecular flexibility index (Phi) is 5.89. The maximum atomic E-state index is 2.49. The molecule has 1 heterocycles. The van der Waals surface area contributed by atoms with Gasteiger partial charge in [0.1, 0.15) is 0 Å². The highest BCUT2D eigenvalue weighted by atomic mass is 32.1. The summed E-state index contributed by atoms with van der Waals surface area (Å²) in [6.45, 7) is 0. The van der Waals surface area contributed by atoms with Crippen LogP contribution in [0.25, 0.3) is 84.8 Å². The van der Waals surface area contributed by atoms with Crippen molar-refractivity contribution >= 4 is 113 Å². The summed E-state index contributed by atoms with van der Waals surface area (Å²) in [6, 6.07) is 65.1. The van der Waals surface area contributed by atoms with Gasteiger partial charge in [0.05, 0.1) is 10.4 Å². The predicted octanol–water partition coefficient (Wildman–Crippen LogP) is 14.4. The van der Waals surface area contributed by atoms with Crippen molar-refractivity contribution in [2.24, 2.45) is 0 Å². The molecule has 0 unspecified atom stereocenters. The summed E-state index contributed by atoms with van der Waals surface area (Å²) in [7, 11) is 0. The van der Waals surface area contributed by atoms with Crippen LogP contribution in [-0.2, 0) is 0 Å². The summed E-state index contributed by atoms with van der Waals surface area (Å²) in [5.74, 6) is 0. The van der Waals surface area contributed by atoms with Crippen molar-refractivity contribution in [1.29, 1.82) is 0 Å². The van der Waals surface area contributed by atoms with Crippen LogP contribution in [0, 0.1) is 0 Å². The second-order valence-corrected chi connectivity index (χ2v) is 14.3. The van der Waals surface area contributed by atoms with Gasteiger partial charge in [-0.1, -0.05) is 140 Å². The minimum absolute atomic E-state index is 1.15. The first-order valence-corrected chi connectivity index (χ1v) is 18.0. The molecule has 0 saturated carbocycles. The van der Waals surface area contributed by atoms with E-state index in [-0.39, 0.29) is 0 Å². The third-order valence-electron chi connectivity index (χ3n) is 10.6. The number of benzene rings is 10. The van der Waals surface area contributed by atoms with Crippen LogP contribution < -0.4 is 4.90 Å². The molecule has 50 heavy (non-hydrogen) atoms. The zero-order chi connectivity index (χ0) is 32.8. The Morgan fingerprint density at radius 1 is 0.280 bits per heavy atom. The molecule has 0 amide bonds. The normalized spacial score (nSPS) is 12.0. The Morgan fingerprint density at radius 3 is 1.10 bits per heavy atom. The summed E-state index contributed by atoms with van der Waals surface area (Å²) < 4.78 is 2.60. The van der Waals surface area contributed by atoms with Crippen LogP contribution in [0.1, 0.15) is 0 Å². The predicted molar refractivity (Wildman–Crippen MR) is 219 cm³/mol. The molecule has 0 spiro atoms. The molecule has 0 atom stereocenters. The first kappa shape index (κ1) is 27.7. The minimum Gasteiger partial charge on any atom is -0.309 e. The number of hydrogen-bond acceptors (Lipinski definition) is 2. The van der Waals surface area contributed by atoms with Gasteiger partial charge in [0, 0.05) is 26.8 Å². The van der Waals surface area contributed by atoms with Crippen LogP contribution in [0.4, 0.5) is 17.1 Å². The van der Waals surface area contributed by atoms with E-state index in [4.69, 9.17) is 0 Å². The molecule has 1 aromatic heterocycles. The summed E-state index contributed by atoms with van der Waals surface area (Å²) in [5, 5.41) is 18.0. The van der Waals surface area contributed by atoms with E-state index in [0.29, 0.717) is 0 Å². The smallest absolute Gasteiger partial charge is 0.0640 e. The van der Waals surface area contributed by atoms with E-state index in [9.17, 15) is 0 Å². The van der Waals surface area contributed by atoms with Gasteiger partial charge in [0.2, 0.25) is 0 Å². The van der Waals surface area contributed by atoms with Gasteiger partial charge >= 0.3 is 0 Å². The van der Waals surface area contributed by atoms with Gasteiger partial charge in [-0.2, -0.15) is 0 Å². The van der Waals surface area contributed by atoms with Gasteiger partial charge in [-0.25, -0.2) is 0 Å². The van der Waals surface area contributed by atoms with Gasteiger partial charge in [-0.15, -0.1) is 11.3 Å². The number of rotatable bonds is 3. The Balaban J connectivity index is 1.25. The second-order valence-electron chi connectivity index (χ2n) is 13.2. The van der Waals surface area contributed by atoms with E-state index < -0.39 is 0 Å². The van der Waals surface area contributed by atoms with Crippen LogP contribution >= 0.6 is 11.3 Å². The largest absolute Gasteiger partial charge is 0.309 e. The molecule has 0 fully saturated rings. The molecule has 0 saturated heterocycles. The molecule has 0 aliphatic heterocycles. The zero-order valence-corrected chi connectivity index (χ0v) is 27.9.